The molecule has 4 heteroatoms. The van der Waals surface area contributed by atoms with Crippen molar-refractivity contribution in [1.29, 1.82) is 0 Å². The first-order valence-corrected chi connectivity index (χ1v) is 5.30. The highest BCUT2D eigenvalue weighted by Crippen LogP contribution is 2.37. The summed E-state index contributed by atoms with van der Waals surface area (Å²) in [6, 6.07) is 3.36. The maximum atomic E-state index is 13.3. The van der Waals surface area contributed by atoms with Crippen molar-refractivity contribution in [3.63, 3.8) is 0 Å². The largest absolute Gasteiger partial charge is 0.492 e. The lowest BCUT2D eigenvalue weighted by Gasteiger charge is -2.03. The number of halogens is 2. The van der Waals surface area contributed by atoms with Crippen LogP contribution in [0.1, 0.15) is 0 Å². The van der Waals surface area contributed by atoms with Gasteiger partial charge in [-0.05, 0) is 17.5 Å². The van der Waals surface area contributed by atoms with Gasteiger partial charge in [-0.1, -0.05) is 15.9 Å². The Balaban J connectivity index is 2.88. The molecule has 0 bridgehead atoms. The first kappa shape index (κ1) is 8.97. The Hall–Kier alpha value is -0.610. The Labute approximate surface area is 87.3 Å². The van der Waals surface area contributed by atoms with Crippen molar-refractivity contribution >= 4 is 37.4 Å². The van der Waals surface area contributed by atoms with E-state index in [-0.39, 0.29) is 5.82 Å². The van der Waals surface area contributed by atoms with Gasteiger partial charge < -0.3 is 4.74 Å². The maximum Gasteiger partial charge on any atom is 0.172 e. The molecule has 0 radical (unpaired) electrons. The van der Waals surface area contributed by atoms with Crippen LogP contribution >= 0.6 is 27.3 Å². The van der Waals surface area contributed by atoms with Crippen molar-refractivity contribution in [3.05, 3.63) is 27.8 Å². The minimum atomic E-state index is -0.329. The number of methoxy groups -OCH3 is 1. The summed E-state index contributed by atoms with van der Waals surface area (Å²) in [5.41, 5.74) is 0. The maximum absolute atomic E-state index is 13.3. The van der Waals surface area contributed by atoms with Crippen LogP contribution in [0.3, 0.4) is 0 Å². The van der Waals surface area contributed by atoms with Gasteiger partial charge in [0.05, 0.1) is 11.8 Å². The predicted octanol–water partition coefficient (Wildman–Crippen LogP) is 3.81. The van der Waals surface area contributed by atoms with Crippen LogP contribution in [0.15, 0.2) is 22.0 Å². The van der Waals surface area contributed by atoms with Gasteiger partial charge >= 0.3 is 0 Å². The summed E-state index contributed by atoms with van der Waals surface area (Å²) in [5.74, 6) is -0.00229. The third kappa shape index (κ3) is 1.34. The molecule has 1 aromatic carbocycles. The van der Waals surface area contributed by atoms with Crippen LogP contribution in [0.25, 0.3) is 10.1 Å². The van der Waals surface area contributed by atoms with E-state index in [1.54, 1.807) is 0 Å². The quantitative estimate of drug-likeness (QED) is 0.758. The Morgan fingerprint density at radius 3 is 3.00 bits per heavy atom. The monoisotopic (exact) mass is 260 g/mol. The zero-order chi connectivity index (χ0) is 9.42. The number of thiophene rings is 1. The summed E-state index contributed by atoms with van der Waals surface area (Å²) in [7, 11) is 1.48. The highest BCUT2D eigenvalue weighted by atomic mass is 79.9. The molecule has 0 atom stereocenters. The van der Waals surface area contributed by atoms with Gasteiger partial charge in [0, 0.05) is 9.86 Å². The van der Waals surface area contributed by atoms with E-state index in [0.29, 0.717) is 5.75 Å². The van der Waals surface area contributed by atoms with E-state index < -0.39 is 0 Å². The molecule has 0 amide bonds. The molecule has 0 saturated carbocycles. The average molecular weight is 261 g/mol. The number of fused-ring (bicyclic) bond motifs is 1. The Bertz CT molecular complexity index is 452. The van der Waals surface area contributed by atoms with Gasteiger partial charge in [-0.15, -0.1) is 11.3 Å². The molecule has 0 aliphatic heterocycles. The van der Waals surface area contributed by atoms with Crippen molar-refractivity contribution in [2.75, 3.05) is 7.11 Å². The molecule has 0 N–H and O–H groups in total. The van der Waals surface area contributed by atoms with E-state index in [2.05, 4.69) is 15.9 Å². The van der Waals surface area contributed by atoms with E-state index in [9.17, 15) is 4.39 Å². The van der Waals surface area contributed by atoms with Gasteiger partial charge in [0.25, 0.3) is 0 Å². The normalized spacial score (nSPS) is 10.7. The lowest BCUT2D eigenvalue weighted by Crippen LogP contribution is -1.87. The third-order valence-corrected chi connectivity index (χ3v) is 3.37. The molecule has 1 aromatic heterocycles. The van der Waals surface area contributed by atoms with Crippen LogP contribution in [-0.2, 0) is 0 Å². The fourth-order valence-corrected chi connectivity index (χ4v) is 2.82. The fraction of sp³-hybridized carbons (Fsp3) is 0.111. The Morgan fingerprint density at radius 1 is 1.54 bits per heavy atom. The number of hydrogen-bond acceptors (Lipinski definition) is 2. The summed E-state index contributed by atoms with van der Waals surface area (Å²) < 4.78 is 19.9. The molecule has 0 fully saturated rings. The van der Waals surface area contributed by atoms with Crippen LogP contribution in [0, 0.1) is 5.82 Å². The zero-order valence-electron chi connectivity index (χ0n) is 6.80. The first-order valence-electron chi connectivity index (χ1n) is 3.63. The molecular weight excluding hydrogens is 255 g/mol. The molecule has 1 heterocycles. The van der Waals surface area contributed by atoms with Gasteiger partial charge in [0.1, 0.15) is 0 Å². The third-order valence-electron chi connectivity index (χ3n) is 1.80. The highest BCUT2D eigenvalue weighted by Gasteiger charge is 2.11. The molecule has 0 saturated heterocycles. The van der Waals surface area contributed by atoms with Gasteiger partial charge in [-0.2, -0.15) is 0 Å². The Kier molecular flexibility index (Phi) is 2.26. The summed E-state index contributed by atoms with van der Waals surface area (Å²) in [5, 5.41) is 2.90. The van der Waals surface area contributed by atoms with E-state index in [4.69, 9.17) is 4.74 Å². The first-order chi connectivity index (χ1) is 6.24. The van der Waals surface area contributed by atoms with Gasteiger partial charge in [0.2, 0.25) is 0 Å². The molecule has 0 aliphatic carbocycles. The fourth-order valence-electron chi connectivity index (χ4n) is 1.23. The molecule has 0 unspecified atom stereocenters. The van der Waals surface area contributed by atoms with Gasteiger partial charge in [0.15, 0.2) is 11.6 Å². The molecule has 0 aliphatic rings. The average Bonchev–Trinajstić information content (AvgIpc) is 2.53. The smallest absolute Gasteiger partial charge is 0.172 e. The summed E-state index contributed by atoms with van der Waals surface area (Å²) in [6.07, 6.45) is 0. The second-order valence-electron chi connectivity index (χ2n) is 2.54. The molecule has 1 nitrogen and oxygen atoms in total. The van der Waals surface area contributed by atoms with Crippen LogP contribution in [0.4, 0.5) is 4.39 Å². The molecule has 68 valence electrons. The van der Waals surface area contributed by atoms with Crippen LogP contribution in [0.2, 0.25) is 0 Å². The predicted molar refractivity (Wildman–Crippen MR) is 56.0 cm³/mol. The molecule has 0 spiro atoms. The van der Waals surface area contributed by atoms with Crippen LogP contribution in [0.5, 0.6) is 5.75 Å². The van der Waals surface area contributed by atoms with Crippen LogP contribution < -0.4 is 4.74 Å². The topological polar surface area (TPSA) is 9.23 Å². The van der Waals surface area contributed by atoms with Crippen molar-refractivity contribution in [2.24, 2.45) is 0 Å². The van der Waals surface area contributed by atoms with Crippen molar-refractivity contribution in [1.82, 2.24) is 0 Å². The summed E-state index contributed by atoms with van der Waals surface area (Å²) in [4.78, 5) is 0. The number of rotatable bonds is 1. The standard InChI is InChI=1S/C9H6BrFOS/c1-12-8-7(11)4-6(10)5-2-3-13-9(5)8/h2-4H,1H3. The van der Waals surface area contributed by atoms with Crippen molar-refractivity contribution in [3.8, 4) is 5.75 Å². The molecule has 2 aromatic rings. The van der Waals surface area contributed by atoms with E-state index in [0.717, 1.165) is 14.6 Å². The van der Waals surface area contributed by atoms with E-state index in [1.165, 1.54) is 24.5 Å². The van der Waals surface area contributed by atoms with Crippen molar-refractivity contribution < 1.29 is 9.13 Å². The van der Waals surface area contributed by atoms with Crippen molar-refractivity contribution in [2.45, 2.75) is 0 Å². The minimum absolute atomic E-state index is 0.327. The van der Waals surface area contributed by atoms with Gasteiger partial charge in [-0.3, -0.25) is 0 Å². The lowest BCUT2D eigenvalue weighted by molar-refractivity contribution is 0.392. The summed E-state index contributed by atoms with van der Waals surface area (Å²) in [6.45, 7) is 0. The minimum Gasteiger partial charge on any atom is -0.492 e. The van der Waals surface area contributed by atoms with Crippen LogP contribution in [-0.4, -0.2) is 7.11 Å². The Morgan fingerprint density at radius 2 is 2.31 bits per heavy atom. The number of ether oxygens (including phenoxy) is 1. The summed E-state index contributed by atoms with van der Waals surface area (Å²) >= 11 is 4.77. The zero-order valence-corrected chi connectivity index (χ0v) is 9.21. The molecule has 2 rings (SSSR count). The van der Waals surface area contributed by atoms with Gasteiger partial charge in [-0.25, -0.2) is 4.39 Å². The SMILES string of the molecule is COc1c(F)cc(Br)c2ccsc12. The second kappa shape index (κ2) is 3.27. The lowest BCUT2D eigenvalue weighted by atomic mass is 10.2. The number of benzene rings is 1. The van der Waals surface area contributed by atoms with E-state index in [1.807, 2.05) is 11.4 Å². The number of hydrogen-bond donors (Lipinski definition) is 0. The molecular formula is C9H6BrFOS. The van der Waals surface area contributed by atoms with E-state index >= 15 is 0 Å². The second-order valence-corrected chi connectivity index (χ2v) is 4.31. The highest BCUT2D eigenvalue weighted by molar-refractivity contribution is 9.10. The molecule has 13 heavy (non-hydrogen) atoms.